The summed E-state index contributed by atoms with van der Waals surface area (Å²) < 4.78 is 0. The van der Waals surface area contributed by atoms with Gasteiger partial charge in [-0.25, -0.2) is 15.0 Å². The summed E-state index contributed by atoms with van der Waals surface area (Å²) in [6, 6.07) is 52.8. The first-order valence-electron chi connectivity index (χ1n) is 14.1. The van der Waals surface area contributed by atoms with E-state index in [0.29, 0.717) is 17.5 Å². The average molecular weight is 536 g/mol. The summed E-state index contributed by atoms with van der Waals surface area (Å²) in [5.74, 6) is 1.97. The fourth-order valence-corrected chi connectivity index (χ4v) is 5.78. The van der Waals surface area contributed by atoms with Gasteiger partial charge in [0, 0.05) is 16.7 Å². The van der Waals surface area contributed by atoms with Crippen LogP contribution in [0.4, 0.5) is 0 Å². The topological polar surface area (TPSA) is 38.7 Å². The summed E-state index contributed by atoms with van der Waals surface area (Å²) >= 11 is 0. The third kappa shape index (κ3) is 4.29. The lowest BCUT2D eigenvalue weighted by Crippen LogP contribution is -2.00. The van der Waals surface area contributed by atoms with E-state index < -0.39 is 0 Å². The Hall–Kier alpha value is -5.67. The van der Waals surface area contributed by atoms with Crippen molar-refractivity contribution in [2.24, 2.45) is 0 Å². The number of nitrogens with zero attached hydrogens (tertiary/aromatic N) is 3. The molecule has 3 nitrogen and oxygen atoms in total. The lowest BCUT2D eigenvalue weighted by atomic mass is 9.95. The van der Waals surface area contributed by atoms with Gasteiger partial charge in [0.25, 0.3) is 0 Å². The van der Waals surface area contributed by atoms with Crippen molar-refractivity contribution in [3.05, 3.63) is 152 Å². The normalized spacial score (nSPS) is 11.3. The lowest BCUT2D eigenvalue weighted by molar-refractivity contribution is 1.07. The molecule has 0 aliphatic carbocycles. The van der Waals surface area contributed by atoms with Crippen LogP contribution in [-0.2, 0) is 0 Å². The minimum Gasteiger partial charge on any atom is -0.208 e. The molecule has 0 fully saturated rings. The summed E-state index contributed by atoms with van der Waals surface area (Å²) in [6.07, 6.45) is 0. The molecule has 1 heterocycles. The zero-order chi connectivity index (χ0) is 27.9. The standard InChI is InChI=1S/C39H25N3/c1-3-10-26(11-4-1)31-15-9-16-32(24-31)38-40-37(30-13-5-2-6-14-30)41-39(42-38)33-23-20-28-19-22-29-21-18-27-12-7-8-17-34(27)36(29)35(28)25-33/h1-25H. The summed E-state index contributed by atoms with van der Waals surface area (Å²) in [6.45, 7) is 0. The molecule has 1 aromatic heterocycles. The van der Waals surface area contributed by atoms with Gasteiger partial charge in [0.1, 0.15) is 0 Å². The first kappa shape index (κ1) is 24.2. The molecular formula is C39H25N3. The maximum Gasteiger partial charge on any atom is 0.164 e. The van der Waals surface area contributed by atoms with Gasteiger partial charge >= 0.3 is 0 Å². The van der Waals surface area contributed by atoms with Crippen LogP contribution in [0, 0.1) is 0 Å². The molecule has 0 bridgehead atoms. The van der Waals surface area contributed by atoms with E-state index in [9.17, 15) is 0 Å². The summed E-state index contributed by atoms with van der Waals surface area (Å²) in [5, 5.41) is 7.33. The van der Waals surface area contributed by atoms with Gasteiger partial charge in [-0.3, -0.25) is 0 Å². The SMILES string of the molecule is c1ccc(-c2cccc(-c3nc(-c4ccccc4)nc(-c4ccc5ccc6ccc7ccccc7c6c5c4)n3)c2)cc1. The molecule has 0 aliphatic heterocycles. The fraction of sp³-hybridized carbons (Fsp3) is 0. The predicted octanol–water partition coefficient (Wildman–Crippen LogP) is 10.00. The predicted molar refractivity (Wildman–Crippen MR) is 174 cm³/mol. The van der Waals surface area contributed by atoms with Crippen molar-refractivity contribution < 1.29 is 0 Å². The van der Waals surface area contributed by atoms with E-state index in [0.717, 1.165) is 27.8 Å². The fourth-order valence-electron chi connectivity index (χ4n) is 5.78. The molecule has 0 saturated carbocycles. The van der Waals surface area contributed by atoms with Crippen LogP contribution in [0.15, 0.2) is 152 Å². The Morgan fingerprint density at radius 3 is 1.52 bits per heavy atom. The Labute approximate surface area is 243 Å². The quantitative estimate of drug-likeness (QED) is 0.211. The van der Waals surface area contributed by atoms with E-state index in [1.54, 1.807) is 0 Å². The highest BCUT2D eigenvalue weighted by molar-refractivity contribution is 6.20. The van der Waals surface area contributed by atoms with E-state index in [1.165, 1.54) is 32.3 Å². The second-order valence-electron chi connectivity index (χ2n) is 10.5. The van der Waals surface area contributed by atoms with Crippen molar-refractivity contribution in [1.82, 2.24) is 15.0 Å². The number of aromatic nitrogens is 3. The van der Waals surface area contributed by atoms with Crippen LogP contribution in [0.25, 0.3) is 77.6 Å². The first-order valence-corrected chi connectivity index (χ1v) is 14.1. The van der Waals surface area contributed by atoms with E-state index in [2.05, 4.69) is 115 Å². The summed E-state index contributed by atoms with van der Waals surface area (Å²) in [7, 11) is 0. The van der Waals surface area contributed by atoms with E-state index in [1.807, 2.05) is 36.4 Å². The van der Waals surface area contributed by atoms with E-state index in [4.69, 9.17) is 15.0 Å². The highest BCUT2D eigenvalue weighted by atomic mass is 15.0. The number of rotatable bonds is 4. The molecule has 0 saturated heterocycles. The molecule has 0 aliphatic rings. The summed E-state index contributed by atoms with van der Waals surface area (Å²) in [5.41, 5.74) is 5.15. The van der Waals surface area contributed by atoms with Crippen LogP contribution < -0.4 is 0 Å². The van der Waals surface area contributed by atoms with Crippen LogP contribution in [0.5, 0.6) is 0 Å². The lowest BCUT2D eigenvalue weighted by Gasteiger charge is -2.12. The minimum absolute atomic E-state index is 0.653. The van der Waals surface area contributed by atoms with Gasteiger partial charge in [0.2, 0.25) is 0 Å². The maximum atomic E-state index is 5.06. The zero-order valence-electron chi connectivity index (χ0n) is 22.8. The number of benzene rings is 7. The Balaban J connectivity index is 1.35. The number of hydrogen-bond acceptors (Lipinski definition) is 3. The Morgan fingerprint density at radius 2 is 0.786 bits per heavy atom. The largest absolute Gasteiger partial charge is 0.208 e. The molecule has 0 amide bonds. The van der Waals surface area contributed by atoms with Crippen LogP contribution in [0.2, 0.25) is 0 Å². The zero-order valence-corrected chi connectivity index (χ0v) is 22.8. The molecule has 0 N–H and O–H groups in total. The molecule has 7 aromatic carbocycles. The smallest absolute Gasteiger partial charge is 0.164 e. The molecule has 0 spiro atoms. The number of fused-ring (bicyclic) bond motifs is 5. The van der Waals surface area contributed by atoms with Crippen molar-refractivity contribution in [1.29, 1.82) is 0 Å². The molecule has 0 unspecified atom stereocenters. The van der Waals surface area contributed by atoms with Gasteiger partial charge in [-0.05, 0) is 55.6 Å². The molecule has 3 heteroatoms. The summed E-state index contributed by atoms with van der Waals surface area (Å²) in [4.78, 5) is 15.0. The van der Waals surface area contributed by atoms with E-state index >= 15 is 0 Å². The van der Waals surface area contributed by atoms with Gasteiger partial charge in [0.15, 0.2) is 17.5 Å². The Kier molecular flexibility index (Phi) is 5.79. The van der Waals surface area contributed by atoms with Crippen molar-refractivity contribution >= 4 is 32.3 Å². The highest BCUT2D eigenvalue weighted by Crippen LogP contribution is 2.35. The van der Waals surface area contributed by atoms with Gasteiger partial charge in [0.05, 0.1) is 0 Å². The number of hydrogen-bond donors (Lipinski definition) is 0. The molecule has 196 valence electrons. The molecule has 8 aromatic rings. The van der Waals surface area contributed by atoms with Gasteiger partial charge in [-0.1, -0.05) is 140 Å². The van der Waals surface area contributed by atoms with Crippen molar-refractivity contribution in [2.45, 2.75) is 0 Å². The van der Waals surface area contributed by atoms with Crippen molar-refractivity contribution in [2.75, 3.05) is 0 Å². The monoisotopic (exact) mass is 535 g/mol. The molecule has 0 atom stereocenters. The van der Waals surface area contributed by atoms with Crippen LogP contribution in [-0.4, -0.2) is 15.0 Å². The molecule has 8 rings (SSSR count). The van der Waals surface area contributed by atoms with Crippen molar-refractivity contribution in [3.8, 4) is 45.3 Å². The van der Waals surface area contributed by atoms with Crippen LogP contribution in [0.1, 0.15) is 0 Å². The van der Waals surface area contributed by atoms with Crippen molar-refractivity contribution in [3.63, 3.8) is 0 Å². The minimum atomic E-state index is 0.653. The maximum absolute atomic E-state index is 5.06. The van der Waals surface area contributed by atoms with E-state index in [-0.39, 0.29) is 0 Å². The van der Waals surface area contributed by atoms with Gasteiger partial charge < -0.3 is 0 Å². The first-order chi connectivity index (χ1) is 20.8. The third-order valence-corrected chi connectivity index (χ3v) is 7.88. The molecular weight excluding hydrogens is 510 g/mol. The highest BCUT2D eigenvalue weighted by Gasteiger charge is 2.14. The Bertz CT molecular complexity index is 2230. The van der Waals surface area contributed by atoms with Crippen LogP contribution >= 0.6 is 0 Å². The second-order valence-corrected chi connectivity index (χ2v) is 10.5. The Morgan fingerprint density at radius 1 is 0.286 bits per heavy atom. The molecule has 42 heavy (non-hydrogen) atoms. The molecule has 0 radical (unpaired) electrons. The second kappa shape index (κ2) is 10.1. The average Bonchev–Trinajstić information content (AvgIpc) is 3.08. The van der Waals surface area contributed by atoms with Gasteiger partial charge in [-0.15, -0.1) is 0 Å². The van der Waals surface area contributed by atoms with Crippen LogP contribution in [0.3, 0.4) is 0 Å². The van der Waals surface area contributed by atoms with Gasteiger partial charge in [-0.2, -0.15) is 0 Å². The third-order valence-electron chi connectivity index (χ3n) is 7.88.